The first-order valence-corrected chi connectivity index (χ1v) is 7.21. The molecule has 0 saturated heterocycles. The van der Waals surface area contributed by atoms with E-state index in [2.05, 4.69) is 4.98 Å². The van der Waals surface area contributed by atoms with E-state index in [1.165, 1.54) is 6.39 Å². The normalized spacial score (nSPS) is 29.1. The molecule has 0 amide bonds. The summed E-state index contributed by atoms with van der Waals surface area (Å²) in [6.45, 7) is 0.986. The highest BCUT2D eigenvalue weighted by molar-refractivity contribution is 8.03. The van der Waals surface area contributed by atoms with Gasteiger partial charge in [0.05, 0.1) is 11.4 Å². The molecule has 1 aromatic rings. The van der Waals surface area contributed by atoms with Crippen LogP contribution in [-0.2, 0) is 0 Å². The van der Waals surface area contributed by atoms with E-state index in [1.807, 2.05) is 12.2 Å². The average Bonchev–Trinajstić information content (AvgIpc) is 2.79. The summed E-state index contributed by atoms with van der Waals surface area (Å²) in [5, 5.41) is 13.9. The van der Waals surface area contributed by atoms with Gasteiger partial charge in [0.25, 0.3) is 0 Å². The van der Waals surface area contributed by atoms with Gasteiger partial charge >= 0.3 is 0 Å². The van der Waals surface area contributed by atoms with Crippen molar-refractivity contribution in [1.82, 2.24) is 4.98 Å². The lowest BCUT2D eigenvalue weighted by Gasteiger charge is -2.47. The Balaban J connectivity index is 2.14. The Morgan fingerprint density at radius 3 is 3.26 bits per heavy atom. The van der Waals surface area contributed by atoms with Crippen molar-refractivity contribution < 1.29 is 9.06 Å². The Hall–Kier alpha value is -1.50. The van der Waals surface area contributed by atoms with Crippen LogP contribution in [0, 0.1) is 5.21 Å². The first-order chi connectivity index (χ1) is 9.17. The Bertz CT molecular complexity index is 746. The minimum absolute atomic E-state index is 0.312. The number of nitrogens with two attached hydrogens (primary N) is 1. The largest absolute Gasteiger partial charge is 0.627 e. The maximum atomic E-state index is 13.1. The molecule has 1 aromatic heterocycles. The van der Waals surface area contributed by atoms with E-state index in [1.54, 1.807) is 11.8 Å². The van der Waals surface area contributed by atoms with Gasteiger partial charge < -0.3 is 20.0 Å². The van der Waals surface area contributed by atoms with E-state index < -0.39 is 0 Å². The second-order valence-corrected chi connectivity index (χ2v) is 6.14. The van der Waals surface area contributed by atoms with E-state index in [4.69, 9.17) is 10.2 Å². The van der Waals surface area contributed by atoms with Crippen LogP contribution in [0.25, 0.3) is 11.6 Å². The summed E-state index contributed by atoms with van der Waals surface area (Å²) < 4.78 is 5.08. The molecule has 0 aromatic carbocycles. The second kappa shape index (κ2) is 3.75. The van der Waals surface area contributed by atoms with Gasteiger partial charge in [-0.05, 0) is 6.08 Å². The van der Waals surface area contributed by atoms with Crippen LogP contribution in [0.3, 0.4) is 0 Å². The van der Waals surface area contributed by atoms with Crippen LogP contribution in [0.4, 0.5) is 0 Å². The fourth-order valence-corrected chi connectivity index (χ4v) is 4.20. The average molecular weight is 275 g/mol. The number of hydroxylamine groups is 3. The monoisotopic (exact) mass is 275 g/mol. The highest BCUT2D eigenvalue weighted by Gasteiger charge is 2.37. The molecule has 0 saturated carbocycles. The van der Waals surface area contributed by atoms with Crippen LogP contribution < -0.4 is 16.5 Å². The summed E-state index contributed by atoms with van der Waals surface area (Å²) in [6, 6.07) is 0. The molecule has 6 heteroatoms. The van der Waals surface area contributed by atoms with Gasteiger partial charge in [0.1, 0.15) is 11.9 Å². The molecule has 3 aliphatic rings. The molecule has 0 bridgehead atoms. The minimum atomic E-state index is -0.312. The molecule has 0 spiro atoms. The number of hydrogen-bond donors (Lipinski definition) is 1. The van der Waals surface area contributed by atoms with Crippen LogP contribution in [0.2, 0.25) is 0 Å². The summed E-state index contributed by atoms with van der Waals surface area (Å²) in [5.74, 6) is 0.821. The van der Waals surface area contributed by atoms with Gasteiger partial charge in [-0.3, -0.25) is 0 Å². The van der Waals surface area contributed by atoms with E-state index in [0.717, 1.165) is 33.0 Å². The molecule has 1 aliphatic carbocycles. The zero-order valence-corrected chi connectivity index (χ0v) is 11.1. The van der Waals surface area contributed by atoms with Crippen molar-refractivity contribution in [2.75, 3.05) is 18.8 Å². The molecule has 1 atom stereocenters. The molecule has 98 valence electrons. The number of fused-ring (bicyclic) bond motifs is 1. The number of hydrogen-bond acceptors (Lipinski definition) is 5. The SMILES string of the molecule is NC1=CC2=C3C(=c4ncoc4=CC[N+]3([O-])CCS2)C1. The zero-order valence-electron chi connectivity index (χ0n) is 10.3. The van der Waals surface area contributed by atoms with Gasteiger partial charge in [-0.15, -0.1) is 11.8 Å². The van der Waals surface area contributed by atoms with Crippen LogP contribution in [-0.4, -0.2) is 28.5 Å². The van der Waals surface area contributed by atoms with Crippen molar-refractivity contribution >= 4 is 23.4 Å². The third-order valence-electron chi connectivity index (χ3n) is 3.79. The number of allylic oxidation sites excluding steroid dienone is 3. The summed E-state index contributed by atoms with van der Waals surface area (Å²) in [7, 11) is 0. The molecule has 1 unspecified atom stereocenters. The van der Waals surface area contributed by atoms with Crippen LogP contribution in [0.5, 0.6) is 0 Å². The van der Waals surface area contributed by atoms with Crippen molar-refractivity contribution in [2.45, 2.75) is 6.42 Å². The van der Waals surface area contributed by atoms with Crippen molar-refractivity contribution in [1.29, 1.82) is 0 Å². The standard InChI is InChI=1S/C13H13N3O2S/c14-8-5-9-12-10(18-7-15-12)1-2-16(17)3-4-19-11(6-8)13(9)16/h1,6-7H,2-5,14H2. The molecule has 2 aliphatic heterocycles. The minimum Gasteiger partial charge on any atom is -0.627 e. The van der Waals surface area contributed by atoms with Crippen LogP contribution in [0.15, 0.2) is 33.2 Å². The van der Waals surface area contributed by atoms with Crippen molar-refractivity contribution in [3.05, 3.63) is 44.7 Å². The lowest BCUT2D eigenvalue weighted by molar-refractivity contribution is -0.827. The molecule has 4 rings (SSSR count). The summed E-state index contributed by atoms with van der Waals surface area (Å²) >= 11 is 1.71. The summed E-state index contributed by atoms with van der Waals surface area (Å²) in [6.07, 6.45) is 5.81. The predicted molar refractivity (Wildman–Crippen MR) is 73.4 cm³/mol. The third-order valence-corrected chi connectivity index (χ3v) is 4.80. The molecule has 0 radical (unpaired) electrons. The van der Waals surface area contributed by atoms with Crippen LogP contribution >= 0.6 is 11.8 Å². The fraction of sp³-hybridized carbons (Fsp3) is 0.308. The first kappa shape index (κ1) is 11.3. The number of aromatic nitrogens is 1. The van der Waals surface area contributed by atoms with Crippen molar-refractivity contribution in [2.24, 2.45) is 5.73 Å². The molecule has 3 heterocycles. The number of quaternary nitrogens is 1. The Kier molecular flexibility index (Phi) is 2.24. The van der Waals surface area contributed by atoms with Crippen LogP contribution in [0.1, 0.15) is 6.42 Å². The van der Waals surface area contributed by atoms with E-state index >= 15 is 0 Å². The Labute approximate surface area is 113 Å². The predicted octanol–water partition coefficient (Wildman–Crippen LogP) is 0.139. The Morgan fingerprint density at radius 1 is 1.47 bits per heavy atom. The number of nitrogens with zero attached hydrogens (tertiary/aromatic N) is 2. The molecular formula is C13H13N3O2S. The zero-order chi connectivity index (χ0) is 13.0. The first-order valence-electron chi connectivity index (χ1n) is 6.22. The lowest BCUT2D eigenvalue weighted by atomic mass is 9.99. The number of rotatable bonds is 0. The molecule has 2 N–H and O–H groups in total. The molecule has 5 nitrogen and oxygen atoms in total. The molecule has 19 heavy (non-hydrogen) atoms. The van der Waals surface area contributed by atoms with Gasteiger partial charge in [-0.2, -0.15) is 0 Å². The van der Waals surface area contributed by atoms with Crippen molar-refractivity contribution in [3.8, 4) is 0 Å². The highest BCUT2D eigenvalue weighted by Crippen LogP contribution is 2.42. The maximum Gasteiger partial charge on any atom is 0.181 e. The summed E-state index contributed by atoms with van der Waals surface area (Å²) in [5.41, 5.74) is 9.28. The number of oxazole rings is 1. The quantitative estimate of drug-likeness (QED) is 0.538. The van der Waals surface area contributed by atoms with Gasteiger partial charge in [0.2, 0.25) is 0 Å². The van der Waals surface area contributed by atoms with E-state index in [9.17, 15) is 5.21 Å². The number of thioether (sulfide) groups is 1. The topological polar surface area (TPSA) is 75.1 Å². The summed E-state index contributed by atoms with van der Waals surface area (Å²) in [4.78, 5) is 5.29. The highest BCUT2D eigenvalue weighted by atomic mass is 32.2. The Morgan fingerprint density at radius 2 is 2.37 bits per heavy atom. The fourth-order valence-electron chi connectivity index (χ4n) is 2.93. The van der Waals surface area contributed by atoms with Gasteiger partial charge in [-0.25, -0.2) is 4.98 Å². The third kappa shape index (κ3) is 1.54. The molecular weight excluding hydrogens is 262 g/mol. The smallest absolute Gasteiger partial charge is 0.181 e. The van der Waals surface area contributed by atoms with E-state index in [-0.39, 0.29) is 4.65 Å². The van der Waals surface area contributed by atoms with Gasteiger partial charge in [0, 0.05) is 29.5 Å². The van der Waals surface area contributed by atoms with Gasteiger partial charge in [-0.1, -0.05) is 0 Å². The van der Waals surface area contributed by atoms with Gasteiger partial charge in [0.15, 0.2) is 17.5 Å². The second-order valence-electron chi connectivity index (χ2n) is 5.00. The lowest BCUT2D eigenvalue weighted by Crippen LogP contribution is -2.46. The maximum absolute atomic E-state index is 13.1. The van der Waals surface area contributed by atoms with Crippen molar-refractivity contribution in [3.63, 3.8) is 0 Å². The van der Waals surface area contributed by atoms with E-state index in [0.29, 0.717) is 24.9 Å². The molecule has 0 fully saturated rings.